The predicted octanol–water partition coefficient (Wildman–Crippen LogP) is 4.83. The van der Waals surface area contributed by atoms with Gasteiger partial charge in [0.15, 0.2) is 0 Å². The Bertz CT molecular complexity index is 463. The lowest BCUT2D eigenvalue weighted by Gasteiger charge is -2.09. The molecule has 0 atom stereocenters. The van der Waals surface area contributed by atoms with Crippen LogP contribution in [0.1, 0.15) is 11.1 Å². The van der Waals surface area contributed by atoms with Crippen LogP contribution in [0.2, 0.25) is 0 Å². The third kappa shape index (κ3) is 2.40. The van der Waals surface area contributed by atoms with Crippen LogP contribution in [0, 0.1) is 0 Å². The molecule has 0 unspecified atom stereocenters. The first-order valence-corrected chi connectivity index (χ1v) is 6.21. The molecule has 0 aliphatic heterocycles. The molecule has 2 aromatic carbocycles. The van der Waals surface area contributed by atoms with Crippen molar-refractivity contribution in [2.75, 3.05) is 0 Å². The lowest BCUT2D eigenvalue weighted by molar-refractivity contribution is 1.33. The largest absolute Gasteiger partial charge is 0.122 e. The molecule has 0 spiro atoms. The highest BCUT2D eigenvalue weighted by atomic mass is 35.5. The van der Waals surface area contributed by atoms with E-state index in [2.05, 4.69) is 18.2 Å². The molecule has 0 radical (unpaired) electrons. The highest BCUT2D eigenvalue weighted by molar-refractivity contribution is 6.18. The van der Waals surface area contributed by atoms with E-state index >= 15 is 0 Å². The molecule has 0 saturated heterocycles. The molecule has 0 aromatic heterocycles. The van der Waals surface area contributed by atoms with Crippen molar-refractivity contribution in [1.82, 2.24) is 0 Å². The molecule has 0 nitrogen and oxygen atoms in total. The molecular weight excluding hydrogens is 239 g/mol. The van der Waals surface area contributed by atoms with E-state index in [1.807, 2.05) is 30.3 Å². The van der Waals surface area contributed by atoms with Crippen molar-refractivity contribution in [2.45, 2.75) is 11.8 Å². The zero-order valence-electron chi connectivity index (χ0n) is 8.79. The second-order valence-corrected chi connectivity index (χ2v) is 4.16. The second-order valence-electron chi connectivity index (χ2n) is 3.62. The Hall–Kier alpha value is -0.980. The molecule has 0 saturated carbocycles. The smallest absolute Gasteiger partial charge is 0.0480 e. The van der Waals surface area contributed by atoms with Gasteiger partial charge in [0.05, 0.1) is 0 Å². The topological polar surface area (TPSA) is 0 Å². The Morgan fingerprint density at radius 1 is 0.812 bits per heavy atom. The second kappa shape index (κ2) is 5.38. The predicted molar refractivity (Wildman–Crippen MR) is 71.0 cm³/mol. The number of hydrogen-bond donors (Lipinski definition) is 0. The van der Waals surface area contributed by atoms with E-state index in [0.717, 1.165) is 11.1 Å². The SMILES string of the molecule is ClCc1ccc(CCl)c(-c2ccccc2)c1. The molecule has 2 rings (SSSR count). The van der Waals surface area contributed by atoms with Gasteiger partial charge in [-0.25, -0.2) is 0 Å². The average Bonchev–Trinajstić information content (AvgIpc) is 2.39. The van der Waals surface area contributed by atoms with Crippen molar-refractivity contribution in [3.8, 4) is 11.1 Å². The van der Waals surface area contributed by atoms with E-state index in [0.29, 0.717) is 11.8 Å². The Balaban J connectivity index is 2.53. The maximum absolute atomic E-state index is 5.94. The van der Waals surface area contributed by atoms with Crippen molar-refractivity contribution in [2.24, 2.45) is 0 Å². The Labute approximate surface area is 106 Å². The summed E-state index contributed by atoms with van der Waals surface area (Å²) in [5.74, 6) is 1.05. The molecule has 2 heteroatoms. The summed E-state index contributed by atoms with van der Waals surface area (Å²) in [6.45, 7) is 0. The van der Waals surface area contributed by atoms with Crippen molar-refractivity contribution in [3.05, 3.63) is 59.7 Å². The number of benzene rings is 2. The first kappa shape index (κ1) is 11.5. The Morgan fingerprint density at radius 2 is 1.56 bits per heavy atom. The van der Waals surface area contributed by atoms with Crippen LogP contribution in [0.4, 0.5) is 0 Å². The van der Waals surface area contributed by atoms with E-state index in [9.17, 15) is 0 Å². The lowest BCUT2D eigenvalue weighted by Crippen LogP contribution is -1.88. The summed E-state index contributed by atoms with van der Waals surface area (Å²) in [5.41, 5.74) is 4.62. The van der Waals surface area contributed by atoms with Crippen LogP contribution in [0.3, 0.4) is 0 Å². The molecule has 2 aromatic rings. The molecule has 82 valence electrons. The summed E-state index contributed by atoms with van der Waals surface area (Å²) >= 11 is 11.8. The zero-order valence-corrected chi connectivity index (χ0v) is 10.3. The molecule has 0 amide bonds. The molecular formula is C14H12Cl2. The highest BCUT2D eigenvalue weighted by Crippen LogP contribution is 2.26. The molecule has 0 aliphatic rings. The van der Waals surface area contributed by atoms with E-state index < -0.39 is 0 Å². The first-order valence-electron chi connectivity index (χ1n) is 5.14. The molecule has 0 bridgehead atoms. The van der Waals surface area contributed by atoms with Gasteiger partial charge < -0.3 is 0 Å². The van der Waals surface area contributed by atoms with Crippen LogP contribution in [-0.2, 0) is 11.8 Å². The third-order valence-electron chi connectivity index (χ3n) is 2.56. The number of halogens is 2. The number of rotatable bonds is 3. The van der Waals surface area contributed by atoms with Gasteiger partial charge in [0.1, 0.15) is 0 Å². The van der Waals surface area contributed by atoms with Gasteiger partial charge in [0.2, 0.25) is 0 Å². The van der Waals surface area contributed by atoms with E-state index in [4.69, 9.17) is 23.2 Å². The number of alkyl halides is 2. The fourth-order valence-corrected chi connectivity index (χ4v) is 2.11. The van der Waals surface area contributed by atoms with Gasteiger partial charge in [-0.2, -0.15) is 0 Å². The van der Waals surface area contributed by atoms with E-state index in [1.165, 1.54) is 11.1 Å². The molecule has 0 heterocycles. The van der Waals surface area contributed by atoms with Gasteiger partial charge in [-0.15, -0.1) is 23.2 Å². The molecule has 0 N–H and O–H groups in total. The lowest BCUT2D eigenvalue weighted by atomic mass is 9.98. The standard InChI is InChI=1S/C14H12Cl2/c15-9-11-6-7-13(10-16)14(8-11)12-4-2-1-3-5-12/h1-8H,9-10H2. The average molecular weight is 251 g/mol. The monoisotopic (exact) mass is 250 g/mol. The van der Waals surface area contributed by atoms with Crippen molar-refractivity contribution < 1.29 is 0 Å². The van der Waals surface area contributed by atoms with Gasteiger partial charge in [0, 0.05) is 11.8 Å². The quantitative estimate of drug-likeness (QED) is 0.685. The van der Waals surface area contributed by atoms with E-state index in [-0.39, 0.29) is 0 Å². The summed E-state index contributed by atoms with van der Waals surface area (Å²) < 4.78 is 0. The van der Waals surface area contributed by atoms with Crippen molar-refractivity contribution in [1.29, 1.82) is 0 Å². The van der Waals surface area contributed by atoms with Crippen LogP contribution in [0.5, 0.6) is 0 Å². The minimum atomic E-state index is 0.521. The van der Waals surface area contributed by atoms with Gasteiger partial charge >= 0.3 is 0 Å². The van der Waals surface area contributed by atoms with Crippen LogP contribution in [-0.4, -0.2) is 0 Å². The highest BCUT2D eigenvalue weighted by Gasteiger charge is 2.04. The molecule has 0 aliphatic carbocycles. The number of hydrogen-bond acceptors (Lipinski definition) is 0. The molecule has 0 fully saturated rings. The minimum Gasteiger partial charge on any atom is -0.122 e. The minimum absolute atomic E-state index is 0.521. The van der Waals surface area contributed by atoms with Crippen LogP contribution >= 0.6 is 23.2 Å². The fourth-order valence-electron chi connectivity index (χ4n) is 1.71. The molecule has 16 heavy (non-hydrogen) atoms. The summed E-state index contributed by atoms with van der Waals surface area (Å²) in [4.78, 5) is 0. The fraction of sp³-hybridized carbons (Fsp3) is 0.143. The Morgan fingerprint density at radius 3 is 2.19 bits per heavy atom. The first-order chi connectivity index (χ1) is 7.85. The van der Waals surface area contributed by atoms with E-state index in [1.54, 1.807) is 0 Å². The maximum atomic E-state index is 5.94. The van der Waals surface area contributed by atoms with Crippen molar-refractivity contribution in [3.63, 3.8) is 0 Å². The van der Waals surface area contributed by atoms with Gasteiger partial charge in [-0.1, -0.05) is 42.5 Å². The van der Waals surface area contributed by atoms with Crippen LogP contribution < -0.4 is 0 Å². The third-order valence-corrected chi connectivity index (χ3v) is 3.15. The zero-order chi connectivity index (χ0) is 11.4. The summed E-state index contributed by atoms with van der Waals surface area (Å²) in [6.07, 6.45) is 0. The van der Waals surface area contributed by atoms with Crippen LogP contribution in [0.25, 0.3) is 11.1 Å². The summed E-state index contributed by atoms with van der Waals surface area (Å²) in [7, 11) is 0. The van der Waals surface area contributed by atoms with Gasteiger partial charge in [-0.3, -0.25) is 0 Å². The maximum Gasteiger partial charge on any atom is 0.0480 e. The van der Waals surface area contributed by atoms with Gasteiger partial charge in [0.25, 0.3) is 0 Å². The summed E-state index contributed by atoms with van der Waals surface area (Å²) in [6, 6.07) is 16.4. The Kier molecular flexibility index (Phi) is 3.87. The normalized spacial score (nSPS) is 10.4. The van der Waals surface area contributed by atoms with Crippen molar-refractivity contribution >= 4 is 23.2 Å². The summed E-state index contributed by atoms with van der Waals surface area (Å²) in [5, 5.41) is 0. The van der Waals surface area contributed by atoms with Crippen LogP contribution in [0.15, 0.2) is 48.5 Å². The van der Waals surface area contributed by atoms with Gasteiger partial charge in [-0.05, 0) is 28.3 Å².